The molecule has 1 aliphatic heterocycles. The zero-order valence-corrected chi connectivity index (χ0v) is 5.04. The molecule has 3 atom stereocenters. The minimum absolute atomic E-state index is 0.255. The first kappa shape index (κ1) is 5.23. The predicted molar refractivity (Wildman–Crippen MR) is 30.5 cm³/mol. The van der Waals surface area contributed by atoms with E-state index in [9.17, 15) is 4.79 Å². The number of ether oxygens (including phenoxy) is 1. The van der Waals surface area contributed by atoms with Crippen molar-refractivity contribution in [3.63, 3.8) is 0 Å². The van der Waals surface area contributed by atoms with Crippen molar-refractivity contribution in [3.05, 3.63) is 0 Å². The van der Waals surface area contributed by atoms with Gasteiger partial charge in [-0.25, -0.2) is 0 Å². The molecule has 1 amide bonds. The molecule has 0 bridgehead atoms. The van der Waals surface area contributed by atoms with Gasteiger partial charge in [-0.2, -0.15) is 0 Å². The number of hydrogen-bond donors (Lipinski definition) is 1. The van der Waals surface area contributed by atoms with Crippen LogP contribution in [0.5, 0.6) is 0 Å². The number of nitrogens with two attached hydrogens (primary N) is 1. The van der Waals surface area contributed by atoms with E-state index in [4.69, 9.17) is 10.5 Å². The van der Waals surface area contributed by atoms with E-state index >= 15 is 0 Å². The van der Waals surface area contributed by atoms with Crippen LogP contribution in [0.1, 0.15) is 6.42 Å². The number of carbonyl (C=O) groups excluding carboxylic acids is 1. The third-order valence-electron chi connectivity index (χ3n) is 2.14. The molecule has 3 heteroatoms. The highest BCUT2D eigenvalue weighted by Gasteiger charge is 2.51. The standard InChI is InChI=1S/C6H9NO2/c7-6(8)5-4-1-3(4)2-9-5/h3-5H,1-2H2,(H2,7,8)/t3-,4-,5?/m1/s1. The van der Waals surface area contributed by atoms with Gasteiger partial charge >= 0.3 is 0 Å². The van der Waals surface area contributed by atoms with Gasteiger partial charge in [0.05, 0.1) is 6.61 Å². The molecule has 9 heavy (non-hydrogen) atoms. The molecule has 0 aromatic carbocycles. The Labute approximate surface area is 53.2 Å². The van der Waals surface area contributed by atoms with Gasteiger partial charge in [-0.15, -0.1) is 0 Å². The third-order valence-corrected chi connectivity index (χ3v) is 2.14. The lowest BCUT2D eigenvalue weighted by Crippen LogP contribution is -2.30. The van der Waals surface area contributed by atoms with E-state index in [2.05, 4.69) is 0 Å². The average molecular weight is 127 g/mol. The van der Waals surface area contributed by atoms with Crippen LogP contribution in [0.25, 0.3) is 0 Å². The summed E-state index contributed by atoms with van der Waals surface area (Å²) < 4.78 is 5.10. The maximum atomic E-state index is 10.5. The second-order valence-electron chi connectivity index (χ2n) is 2.82. The average Bonchev–Trinajstić information content (AvgIpc) is 2.43. The van der Waals surface area contributed by atoms with Gasteiger partial charge in [-0.3, -0.25) is 4.79 Å². The number of amides is 1. The minimum atomic E-state index is -0.292. The van der Waals surface area contributed by atoms with Crippen LogP contribution in [-0.2, 0) is 9.53 Å². The molecule has 1 heterocycles. The lowest BCUT2D eigenvalue weighted by atomic mass is 10.2. The second kappa shape index (κ2) is 1.48. The van der Waals surface area contributed by atoms with E-state index in [1.165, 1.54) is 0 Å². The van der Waals surface area contributed by atoms with Crippen molar-refractivity contribution in [3.8, 4) is 0 Å². The monoisotopic (exact) mass is 127 g/mol. The number of fused-ring (bicyclic) bond motifs is 1. The second-order valence-corrected chi connectivity index (χ2v) is 2.82. The Hall–Kier alpha value is -0.570. The molecule has 2 rings (SSSR count). The highest BCUT2D eigenvalue weighted by atomic mass is 16.5. The van der Waals surface area contributed by atoms with E-state index < -0.39 is 0 Å². The molecule has 0 aromatic rings. The third kappa shape index (κ3) is 0.645. The fourth-order valence-corrected chi connectivity index (χ4v) is 1.48. The summed E-state index contributed by atoms with van der Waals surface area (Å²) in [5.41, 5.74) is 5.05. The van der Waals surface area contributed by atoms with E-state index in [-0.39, 0.29) is 12.0 Å². The van der Waals surface area contributed by atoms with Gasteiger partial charge in [0.15, 0.2) is 0 Å². The van der Waals surface area contributed by atoms with Crippen LogP contribution in [0.3, 0.4) is 0 Å². The number of carbonyl (C=O) groups is 1. The van der Waals surface area contributed by atoms with Crippen LogP contribution in [0.2, 0.25) is 0 Å². The summed E-state index contributed by atoms with van der Waals surface area (Å²) in [5, 5.41) is 0. The lowest BCUT2D eigenvalue weighted by Gasteiger charge is -2.05. The lowest BCUT2D eigenvalue weighted by molar-refractivity contribution is -0.128. The summed E-state index contributed by atoms with van der Waals surface area (Å²) in [6.45, 7) is 0.748. The quantitative estimate of drug-likeness (QED) is 0.516. The predicted octanol–water partition coefficient (Wildman–Crippen LogP) is -0.493. The first-order valence-corrected chi connectivity index (χ1v) is 3.20. The molecule has 50 valence electrons. The minimum Gasteiger partial charge on any atom is -0.368 e. The van der Waals surface area contributed by atoms with Crippen LogP contribution in [0, 0.1) is 11.8 Å². The van der Waals surface area contributed by atoms with Crippen molar-refractivity contribution >= 4 is 5.91 Å². The van der Waals surface area contributed by atoms with Gasteiger partial charge in [0.2, 0.25) is 5.91 Å². The molecule has 2 aliphatic rings. The normalized spacial score (nSPS) is 46.4. The van der Waals surface area contributed by atoms with Gasteiger partial charge in [-0.05, 0) is 18.3 Å². The molecule has 2 fully saturated rings. The molecule has 3 nitrogen and oxygen atoms in total. The Morgan fingerprint density at radius 1 is 1.67 bits per heavy atom. The van der Waals surface area contributed by atoms with Gasteiger partial charge < -0.3 is 10.5 Å². The molecule has 1 saturated heterocycles. The van der Waals surface area contributed by atoms with Crippen LogP contribution in [0.15, 0.2) is 0 Å². The van der Waals surface area contributed by atoms with Crippen molar-refractivity contribution in [1.82, 2.24) is 0 Å². The highest BCUT2D eigenvalue weighted by molar-refractivity contribution is 5.80. The van der Waals surface area contributed by atoms with Crippen molar-refractivity contribution in [2.45, 2.75) is 12.5 Å². The zero-order chi connectivity index (χ0) is 6.43. The van der Waals surface area contributed by atoms with Crippen molar-refractivity contribution < 1.29 is 9.53 Å². The Morgan fingerprint density at radius 3 is 2.67 bits per heavy atom. The number of hydrogen-bond acceptors (Lipinski definition) is 2. The molecule has 0 aromatic heterocycles. The van der Waals surface area contributed by atoms with E-state index in [0.717, 1.165) is 13.0 Å². The van der Waals surface area contributed by atoms with Crippen LogP contribution < -0.4 is 5.73 Å². The first-order chi connectivity index (χ1) is 4.29. The molecule has 2 N–H and O–H groups in total. The molecule has 1 aliphatic carbocycles. The fourth-order valence-electron chi connectivity index (χ4n) is 1.48. The van der Waals surface area contributed by atoms with Crippen LogP contribution >= 0.6 is 0 Å². The van der Waals surface area contributed by atoms with Crippen LogP contribution in [-0.4, -0.2) is 18.6 Å². The van der Waals surface area contributed by atoms with Crippen molar-refractivity contribution in [2.24, 2.45) is 17.6 Å². The molecule has 1 unspecified atom stereocenters. The number of rotatable bonds is 1. The van der Waals surface area contributed by atoms with E-state index in [0.29, 0.717) is 11.8 Å². The van der Waals surface area contributed by atoms with E-state index in [1.54, 1.807) is 0 Å². The topological polar surface area (TPSA) is 52.3 Å². The van der Waals surface area contributed by atoms with Gasteiger partial charge in [0.1, 0.15) is 6.10 Å². The largest absolute Gasteiger partial charge is 0.368 e. The summed E-state index contributed by atoms with van der Waals surface area (Å²) in [4.78, 5) is 10.5. The SMILES string of the molecule is NC(=O)C1OC[C@H]2C[C@@H]12. The molecule has 1 saturated carbocycles. The zero-order valence-electron chi connectivity index (χ0n) is 5.04. The maximum absolute atomic E-state index is 10.5. The highest BCUT2D eigenvalue weighted by Crippen LogP contribution is 2.47. The Morgan fingerprint density at radius 2 is 2.44 bits per heavy atom. The van der Waals surface area contributed by atoms with Gasteiger partial charge in [-0.1, -0.05) is 0 Å². The van der Waals surface area contributed by atoms with Gasteiger partial charge in [0, 0.05) is 0 Å². The Bertz CT molecular complexity index is 157. The fraction of sp³-hybridized carbons (Fsp3) is 0.833. The maximum Gasteiger partial charge on any atom is 0.246 e. The molecular weight excluding hydrogens is 118 g/mol. The summed E-state index contributed by atoms with van der Waals surface area (Å²) in [6.07, 6.45) is 0.892. The Balaban J connectivity index is 2.06. The van der Waals surface area contributed by atoms with Crippen molar-refractivity contribution in [1.29, 1.82) is 0 Å². The molecular formula is C6H9NO2. The smallest absolute Gasteiger partial charge is 0.246 e. The van der Waals surface area contributed by atoms with E-state index in [1.807, 2.05) is 0 Å². The summed E-state index contributed by atoms with van der Waals surface area (Å²) >= 11 is 0. The Kier molecular flexibility index (Phi) is 0.858. The molecule has 0 spiro atoms. The molecule has 0 radical (unpaired) electrons. The summed E-state index contributed by atoms with van der Waals surface area (Å²) in [7, 11) is 0. The summed E-state index contributed by atoms with van der Waals surface area (Å²) in [6, 6.07) is 0. The van der Waals surface area contributed by atoms with Crippen molar-refractivity contribution in [2.75, 3.05) is 6.61 Å². The number of primary amides is 1. The first-order valence-electron chi connectivity index (χ1n) is 3.20. The summed E-state index contributed by atoms with van der Waals surface area (Å²) in [5.74, 6) is 0.838. The van der Waals surface area contributed by atoms with Crippen LogP contribution in [0.4, 0.5) is 0 Å². The van der Waals surface area contributed by atoms with Gasteiger partial charge in [0.25, 0.3) is 0 Å².